The molecule has 2 rings (SSSR count). The van der Waals surface area contributed by atoms with Gasteiger partial charge in [0.05, 0.1) is 23.8 Å². The van der Waals surface area contributed by atoms with Gasteiger partial charge in [-0.15, -0.1) is 0 Å². The molecule has 21 heavy (non-hydrogen) atoms. The van der Waals surface area contributed by atoms with Crippen LogP contribution in [0.3, 0.4) is 0 Å². The molecule has 0 amide bonds. The summed E-state index contributed by atoms with van der Waals surface area (Å²) >= 11 is 0. The van der Waals surface area contributed by atoms with Crippen LogP contribution in [0.15, 0.2) is 12.1 Å². The summed E-state index contributed by atoms with van der Waals surface area (Å²) in [6.45, 7) is 3.19. The summed E-state index contributed by atoms with van der Waals surface area (Å²) in [6, 6.07) is 2.34. The van der Waals surface area contributed by atoms with Gasteiger partial charge in [-0.1, -0.05) is 6.92 Å². The summed E-state index contributed by atoms with van der Waals surface area (Å²) in [5, 5.41) is 10.9. The Morgan fingerprint density at radius 3 is 2.86 bits per heavy atom. The minimum absolute atomic E-state index is 0.0272. The molecule has 0 radical (unpaired) electrons. The molecule has 0 aromatic heterocycles. The van der Waals surface area contributed by atoms with Crippen LogP contribution < -0.4 is 15.4 Å². The second-order valence-electron chi connectivity index (χ2n) is 5.35. The fourth-order valence-electron chi connectivity index (χ4n) is 2.97. The lowest BCUT2D eigenvalue weighted by atomic mass is 9.90. The highest BCUT2D eigenvalue weighted by molar-refractivity contribution is 5.61. The molecular formula is C14H20FN3O3. The molecule has 1 aromatic carbocycles. The van der Waals surface area contributed by atoms with Gasteiger partial charge in [-0.3, -0.25) is 10.1 Å². The van der Waals surface area contributed by atoms with Gasteiger partial charge in [0.15, 0.2) is 11.6 Å². The van der Waals surface area contributed by atoms with Crippen molar-refractivity contribution < 1.29 is 14.1 Å². The summed E-state index contributed by atoms with van der Waals surface area (Å²) in [6.07, 6.45) is 1.99. The highest BCUT2D eigenvalue weighted by atomic mass is 19.1. The van der Waals surface area contributed by atoms with Crippen LogP contribution in [0, 0.1) is 21.8 Å². The maximum Gasteiger partial charge on any atom is 0.313 e. The number of halogens is 1. The molecule has 6 nitrogen and oxygen atoms in total. The molecule has 116 valence electrons. The number of ether oxygens (including phenoxy) is 1. The SMILES string of the molecule is COc1cc(N2CCCC(C)C2CN)c(F)cc1[N+](=O)[O-]. The minimum Gasteiger partial charge on any atom is -0.490 e. The lowest BCUT2D eigenvalue weighted by molar-refractivity contribution is -0.385. The van der Waals surface area contributed by atoms with Crippen LogP contribution in [0.5, 0.6) is 5.75 Å². The molecule has 1 aliphatic heterocycles. The molecule has 0 aliphatic carbocycles. The van der Waals surface area contributed by atoms with Crippen LogP contribution in [-0.4, -0.2) is 31.2 Å². The van der Waals surface area contributed by atoms with Crippen LogP contribution in [0.2, 0.25) is 0 Å². The second kappa shape index (κ2) is 6.26. The number of nitrogens with zero attached hydrogens (tertiary/aromatic N) is 2. The van der Waals surface area contributed by atoms with Crippen molar-refractivity contribution in [2.75, 3.05) is 25.1 Å². The third-order valence-corrected chi connectivity index (χ3v) is 4.11. The van der Waals surface area contributed by atoms with Crippen molar-refractivity contribution in [1.82, 2.24) is 0 Å². The van der Waals surface area contributed by atoms with Crippen LogP contribution in [0.25, 0.3) is 0 Å². The third kappa shape index (κ3) is 2.92. The Bertz CT molecular complexity index is 538. The molecule has 2 atom stereocenters. The Labute approximate surface area is 122 Å². The van der Waals surface area contributed by atoms with Gasteiger partial charge >= 0.3 is 5.69 Å². The van der Waals surface area contributed by atoms with E-state index in [4.69, 9.17) is 10.5 Å². The molecular weight excluding hydrogens is 277 g/mol. The number of rotatable bonds is 4. The van der Waals surface area contributed by atoms with Gasteiger partial charge in [0.25, 0.3) is 0 Å². The number of nitro groups is 1. The van der Waals surface area contributed by atoms with Gasteiger partial charge in [0, 0.05) is 25.2 Å². The first kappa shape index (κ1) is 15.5. The van der Waals surface area contributed by atoms with Gasteiger partial charge in [0.1, 0.15) is 0 Å². The Balaban J connectivity index is 2.45. The lowest BCUT2D eigenvalue weighted by Crippen LogP contribution is -2.49. The number of hydrogen-bond donors (Lipinski definition) is 1. The Hall–Kier alpha value is -1.89. The number of benzene rings is 1. The average Bonchev–Trinajstić information content (AvgIpc) is 2.46. The number of piperidine rings is 1. The fraction of sp³-hybridized carbons (Fsp3) is 0.571. The molecule has 1 heterocycles. The zero-order valence-corrected chi connectivity index (χ0v) is 12.2. The van der Waals surface area contributed by atoms with Gasteiger partial charge in [-0.2, -0.15) is 0 Å². The number of nitrogens with two attached hydrogens (primary N) is 1. The average molecular weight is 297 g/mol. The van der Waals surface area contributed by atoms with E-state index in [-0.39, 0.29) is 17.5 Å². The number of methoxy groups -OCH3 is 1. The zero-order chi connectivity index (χ0) is 15.6. The minimum atomic E-state index is -0.648. The van der Waals surface area contributed by atoms with E-state index in [2.05, 4.69) is 6.92 Å². The molecule has 1 saturated heterocycles. The van der Waals surface area contributed by atoms with Gasteiger partial charge in [-0.25, -0.2) is 4.39 Å². The fourth-order valence-corrected chi connectivity index (χ4v) is 2.97. The summed E-state index contributed by atoms with van der Waals surface area (Å²) in [7, 11) is 1.34. The van der Waals surface area contributed by atoms with E-state index in [1.54, 1.807) is 0 Å². The van der Waals surface area contributed by atoms with Crippen molar-refractivity contribution in [2.45, 2.75) is 25.8 Å². The molecule has 2 unspecified atom stereocenters. The van der Waals surface area contributed by atoms with Crippen molar-refractivity contribution in [3.8, 4) is 5.75 Å². The molecule has 1 aliphatic rings. The molecule has 7 heteroatoms. The van der Waals surface area contributed by atoms with Crippen LogP contribution in [0.1, 0.15) is 19.8 Å². The number of hydrogen-bond acceptors (Lipinski definition) is 5. The zero-order valence-electron chi connectivity index (χ0n) is 12.2. The molecule has 2 N–H and O–H groups in total. The Morgan fingerprint density at radius 1 is 1.57 bits per heavy atom. The Kier molecular flexibility index (Phi) is 4.62. The number of anilines is 1. The van der Waals surface area contributed by atoms with Crippen LogP contribution in [-0.2, 0) is 0 Å². The van der Waals surface area contributed by atoms with Gasteiger partial charge in [-0.05, 0) is 18.8 Å². The Morgan fingerprint density at radius 2 is 2.29 bits per heavy atom. The van der Waals surface area contributed by atoms with Crippen molar-refractivity contribution in [3.05, 3.63) is 28.1 Å². The molecule has 1 aromatic rings. The summed E-state index contributed by atoms with van der Waals surface area (Å²) in [5.41, 5.74) is 5.77. The first-order valence-corrected chi connectivity index (χ1v) is 6.98. The van der Waals surface area contributed by atoms with Crippen LogP contribution >= 0.6 is 0 Å². The van der Waals surface area contributed by atoms with E-state index < -0.39 is 10.7 Å². The monoisotopic (exact) mass is 297 g/mol. The van der Waals surface area contributed by atoms with E-state index in [9.17, 15) is 14.5 Å². The van der Waals surface area contributed by atoms with Crippen LogP contribution in [0.4, 0.5) is 15.8 Å². The van der Waals surface area contributed by atoms with Gasteiger partial charge in [0.2, 0.25) is 0 Å². The van der Waals surface area contributed by atoms with Crippen molar-refractivity contribution in [1.29, 1.82) is 0 Å². The first-order valence-electron chi connectivity index (χ1n) is 6.98. The van der Waals surface area contributed by atoms with E-state index >= 15 is 0 Å². The topological polar surface area (TPSA) is 81.6 Å². The lowest BCUT2D eigenvalue weighted by Gasteiger charge is -2.41. The number of nitro benzene ring substituents is 1. The van der Waals surface area contributed by atoms with Gasteiger partial charge < -0.3 is 15.4 Å². The quantitative estimate of drug-likeness (QED) is 0.681. The predicted molar refractivity (Wildman–Crippen MR) is 78.2 cm³/mol. The largest absolute Gasteiger partial charge is 0.490 e. The smallest absolute Gasteiger partial charge is 0.313 e. The molecule has 0 spiro atoms. The summed E-state index contributed by atoms with van der Waals surface area (Å²) in [4.78, 5) is 12.2. The first-order chi connectivity index (χ1) is 9.99. The highest BCUT2D eigenvalue weighted by Gasteiger charge is 2.31. The molecule has 0 bridgehead atoms. The summed E-state index contributed by atoms with van der Waals surface area (Å²) < 4.78 is 19.3. The maximum atomic E-state index is 14.3. The normalized spacial score (nSPS) is 22.2. The van der Waals surface area contributed by atoms with E-state index in [0.29, 0.717) is 24.7 Å². The third-order valence-electron chi connectivity index (χ3n) is 4.11. The molecule has 0 saturated carbocycles. The van der Waals surface area contributed by atoms with E-state index in [0.717, 1.165) is 18.9 Å². The summed E-state index contributed by atoms with van der Waals surface area (Å²) in [5.74, 6) is -0.204. The van der Waals surface area contributed by atoms with Crippen molar-refractivity contribution >= 4 is 11.4 Å². The maximum absolute atomic E-state index is 14.3. The van der Waals surface area contributed by atoms with E-state index in [1.165, 1.54) is 13.2 Å². The highest BCUT2D eigenvalue weighted by Crippen LogP contribution is 2.37. The predicted octanol–water partition coefficient (Wildman–Crippen LogP) is 2.31. The van der Waals surface area contributed by atoms with Crippen molar-refractivity contribution in [3.63, 3.8) is 0 Å². The second-order valence-corrected chi connectivity index (χ2v) is 5.35. The van der Waals surface area contributed by atoms with Crippen molar-refractivity contribution in [2.24, 2.45) is 11.7 Å². The standard InChI is InChI=1S/C14H20FN3O3/c1-9-4-3-5-17(13(9)8-16)11-7-14(21-2)12(18(19)20)6-10(11)15/h6-7,9,13H,3-5,8,16H2,1-2H3. The van der Waals surface area contributed by atoms with E-state index in [1.807, 2.05) is 4.90 Å². The molecule has 1 fully saturated rings.